The topological polar surface area (TPSA) is 86.1 Å². The Balaban J connectivity index is 1.81. The lowest BCUT2D eigenvalue weighted by Crippen LogP contribution is -2.14. The number of aromatic nitrogens is 3. The van der Waals surface area contributed by atoms with Crippen LogP contribution in [-0.2, 0) is 27.3 Å². The third kappa shape index (κ3) is 5.64. The van der Waals surface area contributed by atoms with Crippen molar-refractivity contribution in [2.45, 2.75) is 38.4 Å². The van der Waals surface area contributed by atoms with Crippen LogP contribution in [0.2, 0.25) is 0 Å². The molecule has 2 heterocycles. The molecule has 9 heteroatoms. The van der Waals surface area contributed by atoms with E-state index < -0.39 is 0 Å². The number of amides is 1. The van der Waals surface area contributed by atoms with Crippen molar-refractivity contribution >= 4 is 40.1 Å². The molecule has 24 heavy (non-hydrogen) atoms. The van der Waals surface area contributed by atoms with Gasteiger partial charge >= 0.3 is 5.97 Å². The molecule has 1 N–H and O–H groups in total. The van der Waals surface area contributed by atoms with Crippen LogP contribution < -0.4 is 5.32 Å². The molecule has 2 aromatic heterocycles. The van der Waals surface area contributed by atoms with E-state index in [0.29, 0.717) is 17.4 Å². The smallest absolute Gasteiger partial charge is 0.311 e. The molecule has 0 saturated heterocycles. The molecule has 0 aliphatic carbocycles. The number of hydrogen-bond acceptors (Lipinski definition) is 7. The minimum atomic E-state index is -0.320. The van der Waals surface area contributed by atoms with Crippen molar-refractivity contribution in [3.8, 4) is 0 Å². The third-order valence-electron chi connectivity index (χ3n) is 2.90. The van der Waals surface area contributed by atoms with Crippen LogP contribution in [0, 0.1) is 0 Å². The van der Waals surface area contributed by atoms with E-state index in [2.05, 4.69) is 22.2 Å². The van der Waals surface area contributed by atoms with E-state index in [-0.39, 0.29) is 24.1 Å². The van der Waals surface area contributed by atoms with Gasteiger partial charge in [0.25, 0.3) is 0 Å². The standard InChI is InChI=1S/C15H20N4O3S2/c1-3-6-19-7-5-16-15(19)24-10-12(20)18-14-17-11(9-23-14)8-13(21)22-4-2/h5,7,9H,3-4,6,8,10H2,1-2H3,(H,17,18,20). The molecule has 2 rings (SSSR count). The van der Waals surface area contributed by atoms with Crippen LogP contribution in [0.5, 0.6) is 0 Å². The van der Waals surface area contributed by atoms with E-state index >= 15 is 0 Å². The Morgan fingerprint density at radius 2 is 2.25 bits per heavy atom. The van der Waals surface area contributed by atoms with Gasteiger partial charge in [-0.15, -0.1) is 11.3 Å². The first-order valence-corrected chi connectivity index (χ1v) is 9.52. The molecule has 2 aromatic rings. The van der Waals surface area contributed by atoms with Crippen LogP contribution >= 0.6 is 23.1 Å². The van der Waals surface area contributed by atoms with Crippen molar-refractivity contribution < 1.29 is 14.3 Å². The number of rotatable bonds is 9. The molecular formula is C15H20N4O3S2. The number of nitrogens with one attached hydrogen (secondary N) is 1. The fourth-order valence-electron chi connectivity index (χ4n) is 1.94. The van der Waals surface area contributed by atoms with Crippen molar-refractivity contribution in [2.24, 2.45) is 0 Å². The summed E-state index contributed by atoms with van der Waals surface area (Å²) in [4.78, 5) is 31.9. The van der Waals surface area contributed by atoms with Crippen LogP contribution in [0.15, 0.2) is 22.9 Å². The summed E-state index contributed by atoms with van der Waals surface area (Å²) in [6, 6.07) is 0. The van der Waals surface area contributed by atoms with Gasteiger partial charge in [-0.25, -0.2) is 9.97 Å². The van der Waals surface area contributed by atoms with E-state index in [1.165, 1.54) is 23.1 Å². The monoisotopic (exact) mass is 368 g/mol. The highest BCUT2D eigenvalue weighted by atomic mass is 32.2. The molecule has 0 aliphatic rings. The number of aryl methyl sites for hydroxylation is 1. The molecule has 0 atom stereocenters. The van der Waals surface area contributed by atoms with E-state index in [9.17, 15) is 9.59 Å². The second-order valence-corrected chi connectivity index (χ2v) is 6.67. The summed E-state index contributed by atoms with van der Waals surface area (Å²) in [5.74, 6) is -0.213. The summed E-state index contributed by atoms with van der Waals surface area (Å²) in [6.45, 7) is 5.08. The molecule has 7 nitrogen and oxygen atoms in total. The van der Waals surface area contributed by atoms with Gasteiger partial charge in [-0.1, -0.05) is 18.7 Å². The molecule has 0 saturated carbocycles. The Morgan fingerprint density at radius 3 is 3.00 bits per heavy atom. The maximum Gasteiger partial charge on any atom is 0.311 e. The largest absolute Gasteiger partial charge is 0.466 e. The molecule has 0 fully saturated rings. The second kappa shape index (κ2) is 9.43. The van der Waals surface area contributed by atoms with Gasteiger partial charge in [0.05, 0.1) is 24.5 Å². The Bertz CT molecular complexity index is 684. The number of carbonyl (C=O) groups is 2. The van der Waals surface area contributed by atoms with Crippen molar-refractivity contribution in [3.05, 3.63) is 23.5 Å². The molecule has 0 radical (unpaired) electrons. The van der Waals surface area contributed by atoms with E-state index in [1.807, 2.05) is 10.8 Å². The molecule has 1 amide bonds. The molecular weight excluding hydrogens is 348 g/mol. The van der Waals surface area contributed by atoms with Gasteiger partial charge in [0.2, 0.25) is 5.91 Å². The molecule has 130 valence electrons. The SMILES string of the molecule is CCCn1ccnc1SCC(=O)Nc1nc(CC(=O)OCC)cs1. The fraction of sp³-hybridized carbons (Fsp3) is 0.467. The quantitative estimate of drug-likeness (QED) is 0.541. The number of ether oxygens (including phenoxy) is 1. The maximum absolute atomic E-state index is 12.0. The zero-order chi connectivity index (χ0) is 17.4. The molecule has 0 spiro atoms. The Labute approximate surface area is 148 Å². The minimum absolute atomic E-state index is 0.114. The van der Waals surface area contributed by atoms with Gasteiger partial charge in [0.1, 0.15) is 0 Å². The molecule has 0 aliphatic heterocycles. The lowest BCUT2D eigenvalue weighted by Gasteiger charge is -2.05. The predicted molar refractivity (Wildman–Crippen MR) is 94.3 cm³/mol. The third-order valence-corrected chi connectivity index (χ3v) is 4.71. The fourth-order valence-corrected chi connectivity index (χ4v) is 3.45. The van der Waals surface area contributed by atoms with Crippen molar-refractivity contribution in [1.29, 1.82) is 0 Å². The van der Waals surface area contributed by atoms with Crippen molar-refractivity contribution in [2.75, 3.05) is 17.7 Å². The van der Waals surface area contributed by atoms with Gasteiger partial charge in [-0.05, 0) is 13.3 Å². The van der Waals surface area contributed by atoms with Gasteiger partial charge in [-0.3, -0.25) is 9.59 Å². The van der Waals surface area contributed by atoms with Crippen LogP contribution in [0.1, 0.15) is 26.0 Å². The number of thiazole rings is 1. The summed E-state index contributed by atoms with van der Waals surface area (Å²) < 4.78 is 6.90. The van der Waals surface area contributed by atoms with Gasteiger partial charge in [0.15, 0.2) is 10.3 Å². The summed E-state index contributed by atoms with van der Waals surface area (Å²) in [7, 11) is 0. The Morgan fingerprint density at radius 1 is 1.42 bits per heavy atom. The number of nitrogens with zero attached hydrogens (tertiary/aromatic N) is 3. The number of carbonyl (C=O) groups excluding carboxylic acids is 2. The highest BCUT2D eigenvalue weighted by Crippen LogP contribution is 2.19. The maximum atomic E-state index is 12.0. The normalized spacial score (nSPS) is 10.6. The van der Waals surface area contributed by atoms with Gasteiger partial charge in [0, 0.05) is 24.3 Å². The average molecular weight is 368 g/mol. The lowest BCUT2D eigenvalue weighted by atomic mass is 10.3. The van der Waals surface area contributed by atoms with Crippen LogP contribution in [0.25, 0.3) is 0 Å². The molecule has 0 bridgehead atoms. The summed E-state index contributed by atoms with van der Waals surface area (Å²) >= 11 is 2.68. The molecule has 0 unspecified atom stereocenters. The zero-order valence-electron chi connectivity index (χ0n) is 13.7. The first-order chi connectivity index (χ1) is 11.6. The minimum Gasteiger partial charge on any atom is -0.466 e. The summed E-state index contributed by atoms with van der Waals surface area (Å²) in [5, 5.41) is 5.79. The van der Waals surface area contributed by atoms with Gasteiger partial charge < -0.3 is 14.6 Å². The van der Waals surface area contributed by atoms with Crippen LogP contribution in [-0.4, -0.2) is 38.8 Å². The lowest BCUT2D eigenvalue weighted by molar-refractivity contribution is -0.142. The number of thioether (sulfide) groups is 1. The number of imidazole rings is 1. The van der Waals surface area contributed by atoms with E-state index in [1.54, 1.807) is 18.5 Å². The van der Waals surface area contributed by atoms with E-state index in [4.69, 9.17) is 4.74 Å². The number of esters is 1. The van der Waals surface area contributed by atoms with Crippen LogP contribution in [0.3, 0.4) is 0 Å². The van der Waals surface area contributed by atoms with E-state index in [0.717, 1.165) is 18.1 Å². The Kier molecular flexibility index (Phi) is 7.26. The Hall–Kier alpha value is -1.87. The highest BCUT2D eigenvalue weighted by Gasteiger charge is 2.12. The number of hydrogen-bond donors (Lipinski definition) is 1. The second-order valence-electron chi connectivity index (χ2n) is 4.87. The van der Waals surface area contributed by atoms with Crippen molar-refractivity contribution in [3.63, 3.8) is 0 Å². The summed E-state index contributed by atoms with van der Waals surface area (Å²) in [6.07, 6.45) is 4.77. The number of anilines is 1. The molecule has 0 aromatic carbocycles. The average Bonchev–Trinajstić information content (AvgIpc) is 3.15. The first kappa shape index (κ1) is 18.5. The summed E-state index contributed by atoms with van der Waals surface area (Å²) in [5.41, 5.74) is 0.597. The first-order valence-electron chi connectivity index (χ1n) is 7.66. The predicted octanol–water partition coefficient (Wildman–Crippen LogP) is 2.59. The van der Waals surface area contributed by atoms with Crippen molar-refractivity contribution in [1.82, 2.24) is 14.5 Å². The highest BCUT2D eigenvalue weighted by molar-refractivity contribution is 7.99. The van der Waals surface area contributed by atoms with Crippen LogP contribution in [0.4, 0.5) is 5.13 Å². The van der Waals surface area contributed by atoms with Gasteiger partial charge in [-0.2, -0.15) is 0 Å². The zero-order valence-corrected chi connectivity index (χ0v) is 15.3.